The molecule has 1 fully saturated rings. The number of nitrogens with zero attached hydrogens (tertiary/aromatic N) is 2. The van der Waals surface area contributed by atoms with E-state index in [-0.39, 0.29) is 11.1 Å². The minimum absolute atomic E-state index is 0.210. The van der Waals surface area contributed by atoms with Gasteiger partial charge in [-0.3, -0.25) is 4.79 Å². The lowest BCUT2D eigenvalue weighted by Crippen LogP contribution is -3.12. The van der Waals surface area contributed by atoms with Gasteiger partial charge in [0.25, 0.3) is 5.91 Å². The number of likely N-dealkylation sites (N-methyl/N-ethyl adjacent to an activating group) is 1. The molecule has 0 radical (unpaired) electrons. The fourth-order valence-electron chi connectivity index (χ4n) is 2.66. The van der Waals surface area contributed by atoms with Crippen LogP contribution in [-0.4, -0.2) is 44.1 Å². The van der Waals surface area contributed by atoms with Crippen molar-refractivity contribution >= 4 is 28.9 Å². The third-order valence-corrected chi connectivity index (χ3v) is 4.41. The smallest absolute Gasteiger partial charge is 0.258 e. The molecule has 0 bridgehead atoms. The zero-order chi connectivity index (χ0) is 16.2. The quantitative estimate of drug-likeness (QED) is 0.834. The van der Waals surface area contributed by atoms with Gasteiger partial charge in [-0.1, -0.05) is 11.6 Å². The largest absolute Gasteiger partial charge is 0.360 e. The molecule has 2 heterocycles. The van der Waals surface area contributed by atoms with E-state index in [4.69, 9.17) is 11.6 Å². The molecule has 1 aliphatic heterocycles. The maximum absolute atomic E-state index is 12.2. The lowest BCUT2D eigenvalue weighted by atomic mass is 10.2. The van der Waals surface area contributed by atoms with Crippen LogP contribution in [0.3, 0.4) is 0 Å². The van der Waals surface area contributed by atoms with Crippen LogP contribution in [0.5, 0.6) is 0 Å². The lowest BCUT2D eigenvalue weighted by Gasteiger charge is -2.31. The van der Waals surface area contributed by atoms with Crippen molar-refractivity contribution in [1.29, 1.82) is 0 Å². The fraction of sp³-hybridized carbons (Fsp3) is 0.294. The number of pyridine rings is 1. The highest BCUT2D eigenvalue weighted by Crippen LogP contribution is 2.19. The first kappa shape index (κ1) is 15.8. The molecule has 1 aromatic carbocycles. The number of hydrogen-bond acceptors (Lipinski definition) is 3. The number of quaternary nitrogens is 1. The van der Waals surface area contributed by atoms with Crippen molar-refractivity contribution in [3.05, 3.63) is 53.3 Å². The standard InChI is InChI=1S/C17H19ClN4O/c1-21-9-11-22(12-10-21)14-6-4-13(5-7-14)20-17(23)15-3-2-8-19-16(15)18/h2-8H,9-12H2,1H3,(H,20,23)/p+1. The molecule has 0 atom stereocenters. The number of amides is 1. The van der Waals surface area contributed by atoms with E-state index < -0.39 is 0 Å². The molecule has 0 saturated carbocycles. The van der Waals surface area contributed by atoms with E-state index in [0.29, 0.717) is 5.56 Å². The van der Waals surface area contributed by atoms with Gasteiger partial charge in [-0.2, -0.15) is 0 Å². The van der Waals surface area contributed by atoms with Gasteiger partial charge in [0.2, 0.25) is 0 Å². The average Bonchev–Trinajstić information content (AvgIpc) is 2.57. The summed E-state index contributed by atoms with van der Waals surface area (Å²) in [5.41, 5.74) is 2.31. The fourth-order valence-corrected chi connectivity index (χ4v) is 2.86. The number of rotatable bonds is 3. The van der Waals surface area contributed by atoms with Crippen molar-refractivity contribution in [2.75, 3.05) is 43.4 Å². The van der Waals surface area contributed by atoms with Crippen LogP contribution in [0.25, 0.3) is 0 Å². The van der Waals surface area contributed by atoms with E-state index in [1.165, 1.54) is 5.69 Å². The Labute approximate surface area is 140 Å². The number of nitrogens with one attached hydrogen (secondary N) is 2. The summed E-state index contributed by atoms with van der Waals surface area (Å²) in [6.45, 7) is 4.42. The Morgan fingerprint density at radius 3 is 2.57 bits per heavy atom. The van der Waals surface area contributed by atoms with Crippen LogP contribution in [0.4, 0.5) is 11.4 Å². The summed E-state index contributed by atoms with van der Waals surface area (Å²) >= 11 is 5.94. The van der Waals surface area contributed by atoms with E-state index in [0.717, 1.165) is 31.9 Å². The molecule has 2 aromatic rings. The second-order valence-electron chi connectivity index (χ2n) is 5.79. The molecule has 23 heavy (non-hydrogen) atoms. The molecule has 0 unspecified atom stereocenters. The number of aromatic nitrogens is 1. The number of piperazine rings is 1. The lowest BCUT2D eigenvalue weighted by molar-refractivity contribution is -0.880. The summed E-state index contributed by atoms with van der Waals surface area (Å²) in [4.78, 5) is 20.1. The molecule has 5 nitrogen and oxygen atoms in total. The molecular formula is C17H20ClN4O+. The summed E-state index contributed by atoms with van der Waals surface area (Å²) in [7, 11) is 2.22. The van der Waals surface area contributed by atoms with Crippen LogP contribution in [0.2, 0.25) is 5.15 Å². The van der Waals surface area contributed by atoms with Gasteiger partial charge in [0.05, 0.1) is 38.8 Å². The van der Waals surface area contributed by atoms with Crippen LogP contribution >= 0.6 is 11.6 Å². The third-order valence-electron chi connectivity index (χ3n) is 4.11. The van der Waals surface area contributed by atoms with Gasteiger partial charge >= 0.3 is 0 Å². The molecular weight excluding hydrogens is 312 g/mol. The van der Waals surface area contributed by atoms with E-state index >= 15 is 0 Å². The van der Waals surface area contributed by atoms with Gasteiger partial charge in [-0.05, 0) is 36.4 Å². The summed E-state index contributed by atoms with van der Waals surface area (Å²) in [5.74, 6) is -0.251. The highest BCUT2D eigenvalue weighted by atomic mass is 35.5. The number of benzene rings is 1. The second kappa shape index (κ2) is 6.98. The summed E-state index contributed by atoms with van der Waals surface area (Å²) in [6, 6.07) is 11.3. The Hall–Kier alpha value is -2.11. The molecule has 1 aromatic heterocycles. The molecule has 0 spiro atoms. The number of carbonyl (C=O) groups excluding carboxylic acids is 1. The Morgan fingerprint density at radius 1 is 1.22 bits per heavy atom. The molecule has 0 aliphatic carbocycles. The van der Waals surface area contributed by atoms with Gasteiger partial charge in [0.15, 0.2) is 0 Å². The molecule has 1 saturated heterocycles. The van der Waals surface area contributed by atoms with Gasteiger partial charge in [-0.25, -0.2) is 4.98 Å². The average molecular weight is 332 g/mol. The van der Waals surface area contributed by atoms with Gasteiger partial charge < -0.3 is 15.1 Å². The van der Waals surface area contributed by atoms with E-state index in [2.05, 4.69) is 22.2 Å². The predicted octanol–water partition coefficient (Wildman–Crippen LogP) is 1.32. The first-order valence-electron chi connectivity index (χ1n) is 7.71. The monoisotopic (exact) mass is 331 g/mol. The number of hydrogen-bond donors (Lipinski definition) is 2. The first-order valence-corrected chi connectivity index (χ1v) is 8.09. The van der Waals surface area contributed by atoms with Crippen molar-refractivity contribution in [3.8, 4) is 0 Å². The predicted molar refractivity (Wildman–Crippen MR) is 92.5 cm³/mol. The van der Waals surface area contributed by atoms with E-state index in [1.807, 2.05) is 24.3 Å². The van der Waals surface area contributed by atoms with Gasteiger partial charge in [-0.15, -0.1) is 0 Å². The van der Waals surface area contributed by atoms with Gasteiger partial charge in [0, 0.05) is 17.6 Å². The molecule has 1 aliphatic rings. The van der Waals surface area contributed by atoms with Crippen LogP contribution in [0.15, 0.2) is 42.6 Å². The zero-order valence-electron chi connectivity index (χ0n) is 13.1. The Bertz CT molecular complexity index is 681. The second-order valence-corrected chi connectivity index (χ2v) is 6.14. The van der Waals surface area contributed by atoms with Crippen molar-refractivity contribution < 1.29 is 9.69 Å². The molecule has 6 heteroatoms. The van der Waals surface area contributed by atoms with Crippen LogP contribution in [-0.2, 0) is 0 Å². The highest BCUT2D eigenvalue weighted by Gasteiger charge is 2.17. The highest BCUT2D eigenvalue weighted by molar-refractivity contribution is 6.33. The van der Waals surface area contributed by atoms with Crippen molar-refractivity contribution in [1.82, 2.24) is 4.98 Å². The number of carbonyl (C=O) groups is 1. The van der Waals surface area contributed by atoms with Crippen LogP contribution in [0, 0.1) is 0 Å². The summed E-state index contributed by atoms with van der Waals surface area (Å²) < 4.78 is 0. The van der Waals surface area contributed by atoms with Crippen molar-refractivity contribution in [2.24, 2.45) is 0 Å². The van der Waals surface area contributed by atoms with Crippen LogP contribution in [0.1, 0.15) is 10.4 Å². The minimum atomic E-state index is -0.251. The SMILES string of the molecule is C[NH+]1CCN(c2ccc(NC(=O)c3cccnc3Cl)cc2)CC1. The normalized spacial score (nSPS) is 15.5. The van der Waals surface area contributed by atoms with Crippen molar-refractivity contribution in [3.63, 3.8) is 0 Å². The van der Waals surface area contributed by atoms with Gasteiger partial charge in [0.1, 0.15) is 5.15 Å². The number of halogens is 1. The topological polar surface area (TPSA) is 49.7 Å². The maximum Gasteiger partial charge on any atom is 0.258 e. The van der Waals surface area contributed by atoms with E-state index in [1.54, 1.807) is 23.2 Å². The first-order chi connectivity index (χ1) is 11.1. The third kappa shape index (κ3) is 3.81. The molecule has 3 rings (SSSR count). The Balaban J connectivity index is 1.66. The molecule has 120 valence electrons. The molecule has 2 N–H and O–H groups in total. The minimum Gasteiger partial charge on any atom is -0.360 e. The Kier molecular flexibility index (Phi) is 4.79. The molecule has 1 amide bonds. The van der Waals surface area contributed by atoms with Crippen LogP contribution < -0.4 is 15.1 Å². The van der Waals surface area contributed by atoms with Crippen molar-refractivity contribution in [2.45, 2.75) is 0 Å². The summed E-state index contributed by atoms with van der Waals surface area (Å²) in [6.07, 6.45) is 1.56. The maximum atomic E-state index is 12.2. The zero-order valence-corrected chi connectivity index (χ0v) is 13.8. The summed E-state index contributed by atoms with van der Waals surface area (Å²) in [5, 5.41) is 3.06. The van der Waals surface area contributed by atoms with E-state index in [9.17, 15) is 4.79 Å². The Morgan fingerprint density at radius 2 is 1.91 bits per heavy atom. The number of anilines is 2.